The summed E-state index contributed by atoms with van der Waals surface area (Å²) in [6, 6.07) is 0.511. The Labute approximate surface area is 92.6 Å². The fourth-order valence-corrected chi connectivity index (χ4v) is 1.46. The minimum atomic E-state index is -0.702. The van der Waals surface area contributed by atoms with Gasteiger partial charge < -0.3 is 15.8 Å². The van der Waals surface area contributed by atoms with Crippen LogP contribution in [0.25, 0.3) is 0 Å². The van der Waals surface area contributed by atoms with Gasteiger partial charge >= 0.3 is 6.09 Å². The molecule has 0 heterocycles. The summed E-state index contributed by atoms with van der Waals surface area (Å²) in [6.07, 6.45) is 2.77. The lowest BCUT2D eigenvalue weighted by Crippen LogP contribution is -2.33. The fraction of sp³-hybridized carbons (Fsp3) is 0.909. The van der Waals surface area contributed by atoms with E-state index in [1.54, 1.807) is 0 Å². The summed E-state index contributed by atoms with van der Waals surface area (Å²) in [6.45, 7) is 7.65. The van der Waals surface area contributed by atoms with E-state index in [-0.39, 0.29) is 0 Å². The van der Waals surface area contributed by atoms with Gasteiger partial charge in [-0.2, -0.15) is 0 Å². The average Bonchev–Trinajstić information content (AvgIpc) is 2.21. The molecular formula is C11H24N2O2. The highest BCUT2D eigenvalue weighted by Crippen LogP contribution is 2.11. The van der Waals surface area contributed by atoms with E-state index in [0.717, 1.165) is 12.3 Å². The highest BCUT2D eigenvalue weighted by molar-refractivity contribution is 5.64. The van der Waals surface area contributed by atoms with Crippen LogP contribution in [0.2, 0.25) is 0 Å². The van der Waals surface area contributed by atoms with Crippen molar-refractivity contribution in [1.29, 1.82) is 0 Å². The molecule has 90 valence electrons. The highest BCUT2D eigenvalue weighted by Gasteiger charge is 2.09. The van der Waals surface area contributed by atoms with Crippen molar-refractivity contribution in [2.45, 2.75) is 46.1 Å². The summed E-state index contributed by atoms with van der Waals surface area (Å²) in [4.78, 5) is 10.3. The Morgan fingerprint density at radius 1 is 1.40 bits per heavy atom. The van der Waals surface area contributed by atoms with Crippen LogP contribution in [0.1, 0.15) is 40.0 Å². The van der Waals surface area contributed by atoms with Crippen LogP contribution in [0.15, 0.2) is 0 Å². The number of carbonyl (C=O) groups is 1. The van der Waals surface area contributed by atoms with Crippen LogP contribution in [0.5, 0.6) is 0 Å². The number of hydrogen-bond donors (Lipinski definition) is 2. The Bertz CT molecular complexity index is 174. The molecule has 0 aliphatic heterocycles. The van der Waals surface area contributed by atoms with Gasteiger partial charge in [0.15, 0.2) is 0 Å². The van der Waals surface area contributed by atoms with Gasteiger partial charge in [0.05, 0.1) is 0 Å². The van der Waals surface area contributed by atoms with Gasteiger partial charge in [-0.15, -0.1) is 0 Å². The fourth-order valence-electron chi connectivity index (χ4n) is 1.46. The third-order valence-electron chi connectivity index (χ3n) is 2.66. The first-order chi connectivity index (χ1) is 7.10. The molecule has 0 aliphatic rings. The molecule has 2 unspecified atom stereocenters. The Hall–Kier alpha value is -0.770. The SMILES string of the molecule is CCC(C)CC(CC)NCCOC(N)=O. The lowest BCUT2D eigenvalue weighted by Gasteiger charge is -2.20. The smallest absolute Gasteiger partial charge is 0.404 e. The maximum atomic E-state index is 10.3. The average molecular weight is 216 g/mol. The Kier molecular flexibility index (Phi) is 8.09. The van der Waals surface area contributed by atoms with Gasteiger partial charge in [-0.25, -0.2) is 4.79 Å². The molecule has 2 atom stereocenters. The van der Waals surface area contributed by atoms with E-state index in [1.807, 2.05) is 0 Å². The first-order valence-electron chi connectivity index (χ1n) is 5.75. The van der Waals surface area contributed by atoms with Crippen molar-refractivity contribution in [1.82, 2.24) is 5.32 Å². The Morgan fingerprint density at radius 2 is 2.07 bits per heavy atom. The summed E-state index contributed by atoms with van der Waals surface area (Å²) in [5.41, 5.74) is 4.86. The van der Waals surface area contributed by atoms with Crippen LogP contribution >= 0.6 is 0 Å². The monoisotopic (exact) mass is 216 g/mol. The third-order valence-corrected chi connectivity index (χ3v) is 2.66. The van der Waals surface area contributed by atoms with Crippen LogP contribution in [-0.4, -0.2) is 25.3 Å². The van der Waals surface area contributed by atoms with E-state index >= 15 is 0 Å². The van der Waals surface area contributed by atoms with Gasteiger partial charge in [0.1, 0.15) is 6.61 Å². The third kappa shape index (κ3) is 8.24. The molecule has 0 aromatic carbocycles. The second kappa shape index (κ2) is 8.53. The van der Waals surface area contributed by atoms with Gasteiger partial charge in [0, 0.05) is 12.6 Å². The van der Waals surface area contributed by atoms with Crippen molar-refractivity contribution in [2.24, 2.45) is 11.7 Å². The van der Waals surface area contributed by atoms with Crippen LogP contribution in [0, 0.1) is 5.92 Å². The van der Waals surface area contributed by atoms with Crippen molar-refractivity contribution in [2.75, 3.05) is 13.2 Å². The van der Waals surface area contributed by atoms with Crippen LogP contribution in [-0.2, 0) is 4.74 Å². The molecule has 0 rings (SSSR count). The number of ether oxygens (including phenoxy) is 1. The first kappa shape index (κ1) is 14.2. The number of rotatable bonds is 8. The Morgan fingerprint density at radius 3 is 2.53 bits per heavy atom. The standard InChI is InChI=1S/C11H24N2O2/c1-4-9(3)8-10(5-2)13-6-7-15-11(12)14/h9-10,13H,4-8H2,1-3H3,(H2,12,14). The van der Waals surface area contributed by atoms with E-state index in [4.69, 9.17) is 5.73 Å². The van der Waals surface area contributed by atoms with Crippen molar-refractivity contribution in [3.63, 3.8) is 0 Å². The summed E-state index contributed by atoms with van der Waals surface area (Å²) < 4.78 is 4.64. The second-order valence-electron chi connectivity index (χ2n) is 3.98. The summed E-state index contributed by atoms with van der Waals surface area (Å²) in [5, 5.41) is 3.36. The van der Waals surface area contributed by atoms with Crippen LogP contribution < -0.4 is 11.1 Å². The zero-order chi connectivity index (χ0) is 11.7. The molecule has 1 amide bonds. The van der Waals surface area contributed by atoms with Crippen LogP contribution in [0.4, 0.5) is 4.79 Å². The van der Waals surface area contributed by atoms with Gasteiger partial charge in [0.2, 0.25) is 0 Å². The van der Waals surface area contributed by atoms with Crippen molar-refractivity contribution < 1.29 is 9.53 Å². The topological polar surface area (TPSA) is 64.3 Å². The maximum absolute atomic E-state index is 10.3. The summed E-state index contributed by atoms with van der Waals surface area (Å²) in [5.74, 6) is 0.736. The highest BCUT2D eigenvalue weighted by atomic mass is 16.5. The van der Waals surface area contributed by atoms with Gasteiger partial charge in [0.25, 0.3) is 0 Å². The normalized spacial score (nSPS) is 14.6. The number of hydrogen-bond acceptors (Lipinski definition) is 3. The van der Waals surface area contributed by atoms with E-state index < -0.39 is 6.09 Å². The molecule has 4 nitrogen and oxygen atoms in total. The molecule has 0 aromatic rings. The number of nitrogens with two attached hydrogens (primary N) is 1. The quantitative estimate of drug-likeness (QED) is 0.609. The summed E-state index contributed by atoms with van der Waals surface area (Å²) >= 11 is 0. The molecule has 0 aromatic heterocycles. The molecule has 0 aliphatic carbocycles. The zero-order valence-corrected chi connectivity index (χ0v) is 10.1. The predicted molar refractivity (Wildman–Crippen MR) is 61.7 cm³/mol. The molecule has 3 N–H and O–H groups in total. The van der Waals surface area contributed by atoms with Crippen LogP contribution in [0.3, 0.4) is 0 Å². The lowest BCUT2D eigenvalue weighted by atomic mass is 9.98. The minimum absolute atomic E-state index is 0.354. The largest absolute Gasteiger partial charge is 0.448 e. The number of nitrogens with one attached hydrogen (secondary N) is 1. The molecule has 15 heavy (non-hydrogen) atoms. The van der Waals surface area contributed by atoms with E-state index in [9.17, 15) is 4.79 Å². The molecular weight excluding hydrogens is 192 g/mol. The van der Waals surface area contributed by atoms with E-state index in [2.05, 4.69) is 30.8 Å². The number of amides is 1. The van der Waals surface area contributed by atoms with Gasteiger partial charge in [-0.3, -0.25) is 0 Å². The molecule has 0 bridgehead atoms. The zero-order valence-electron chi connectivity index (χ0n) is 10.1. The van der Waals surface area contributed by atoms with Crippen molar-refractivity contribution in [3.8, 4) is 0 Å². The lowest BCUT2D eigenvalue weighted by molar-refractivity contribution is 0.155. The van der Waals surface area contributed by atoms with Gasteiger partial charge in [-0.05, 0) is 18.8 Å². The van der Waals surface area contributed by atoms with Crippen molar-refractivity contribution in [3.05, 3.63) is 0 Å². The van der Waals surface area contributed by atoms with Crippen molar-refractivity contribution >= 4 is 6.09 Å². The summed E-state index contributed by atoms with van der Waals surface area (Å²) in [7, 11) is 0. The molecule has 4 heteroatoms. The Balaban J connectivity index is 3.56. The van der Waals surface area contributed by atoms with E-state index in [1.165, 1.54) is 12.8 Å². The molecule has 0 radical (unpaired) electrons. The molecule has 0 saturated carbocycles. The molecule has 0 fully saturated rings. The maximum Gasteiger partial charge on any atom is 0.404 e. The number of primary amides is 1. The predicted octanol–water partition coefficient (Wildman–Crippen LogP) is 1.89. The first-order valence-corrected chi connectivity index (χ1v) is 5.75. The van der Waals surface area contributed by atoms with E-state index in [0.29, 0.717) is 19.2 Å². The minimum Gasteiger partial charge on any atom is -0.448 e. The molecule has 0 spiro atoms. The molecule has 0 saturated heterocycles. The second-order valence-corrected chi connectivity index (χ2v) is 3.98. The number of carbonyl (C=O) groups excluding carboxylic acids is 1. The van der Waals surface area contributed by atoms with Gasteiger partial charge in [-0.1, -0.05) is 27.2 Å².